The van der Waals surface area contributed by atoms with Crippen LogP contribution >= 0.6 is 0 Å². The Hall–Kier alpha value is -2.41. The number of aromatic nitrogens is 3. The Bertz CT molecular complexity index is 745. The van der Waals surface area contributed by atoms with Crippen molar-refractivity contribution in [2.45, 2.75) is 38.0 Å². The van der Waals surface area contributed by atoms with E-state index < -0.39 is 0 Å². The van der Waals surface area contributed by atoms with Crippen LogP contribution in [0.25, 0.3) is 0 Å². The normalized spacial score (nSPS) is 22.8. The average Bonchev–Trinajstić information content (AvgIpc) is 3.08. The van der Waals surface area contributed by atoms with Gasteiger partial charge in [-0.3, -0.25) is 4.79 Å². The van der Waals surface area contributed by atoms with Crippen molar-refractivity contribution in [1.82, 2.24) is 19.9 Å². The molecule has 1 aromatic carbocycles. The van der Waals surface area contributed by atoms with Gasteiger partial charge in [-0.2, -0.15) is 0 Å². The molecular formula is C17H20N4O3. The standard InChI is InChI=1S/C17H20N4O3/c22-14-3-1-2-12(8-14)4-5-17(23)20-7-6-16-15(10-20)21-13(11-24-16)9-18-19-21/h1-3,8-9,15-16,22H,4-7,10-11H2/t15-,16+/m0/s1. The maximum absolute atomic E-state index is 12.6. The summed E-state index contributed by atoms with van der Waals surface area (Å²) in [6.45, 7) is 1.86. The lowest BCUT2D eigenvalue weighted by atomic mass is 9.99. The van der Waals surface area contributed by atoms with E-state index in [1.54, 1.807) is 24.4 Å². The third kappa shape index (κ3) is 2.87. The number of aryl methyl sites for hydroxylation is 1. The van der Waals surface area contributed by atoms with Crippen LogP contribution in [-0.2, 0) is 22.6 Å². The highest BCUT2D eigenvalue weighted by molar-refractivity contribution is 5.76. The number of hydrogen-bond acceptors (Lipinski definition) is 5. The summed E-state index contributed by atoms with van der Waals surface area (Å²) in [6.07, 6.45) is 3.71. The smallest absolute Gasteiger partial charge is 0.222 e. The second-order valence-corrected chi connectivity index (χ2v) is 6.39. The van der Waals surface area contributed by atoms with Crippen LogP contribution in [0.2, 0.25) is 0 Å². The molecule has 24 heavy (non-hydrogen) atoms. The summed E-state index contributed by atoms with van der Waals surface area (Å²) < 4.78 is 7.78. The van der Waals surface area contributed by atoms with E-state index in [-0.39, 0.29) is 23.8 Å². The van der Waals surface area contributed by atoms with E-state index in [9.17, 15) is 9.90 Å². The lowest BCUT2D eigenvalue weighted by Crippen LogP contribution is -2.49. The van der Waals surface area contributed by atoms with Crippen LogP contribution in [0.1, 0.15) is 30.1 Å². The van der Waals surface area contributed by atoms with Gasteiger partial charge in [-0.25, -0.2) is 4.68 Å². The van der Waals surface area contributed by atoms with E-state index in [4.69, 9.17) is 4.74 Å². The molecule has 3 heterocycles. The number of fused-ring (bicyclic) bond motifs is 3. The first-order chi connectivity index (χ1) is 11.7. The number of amides is 1. The molecule has 0 aliphatic carbocycles. The number of rotatable bonds is 3. The van der Waals surface area contributed by atoms with E-state index in [2.05, 4.69) is 10.3 Å². The monoisotopic (exact) mass is 328 g/mol. The predicted octanol–water partition coefficient (Wildman–Crippen LogP) is 1.29. The van der Waals surface area contributed by atoms with Crippen molar-refractivity contribution in [3.63, 3.8) is 0 Å². The second-order valence-electron chi connectivity index (χ2n) is 6.39. The molecule has 1 fully saturated rings. The summed E-state index contributed by atoms with van der Waals surface area (Å²) in [5, 5.41) is 17.6. The SMILES string of the molecule is O=C(CCc1cccc(O)c1)N1CC[C@H]2OCc3cnnn3[C@H]2C1. The van der Waals surface area contributed by atoms with E-state index in [0.29, 0.717) is 32.5 Å². The van der Waals surface area contributed by atoms with Gasteiger partial charge in [-0.05, 0) is 30.5 Å². The summed E-state index contributed by atoms with van der Waals surface area (Å²) in [4.78, 5) is 14.5. The maximum Gasteiger partial charge on any atom is 0.222 e. The zero-order chi connectivity index (χ0) is 16.5. The topological polar surface area (TPSA) is 80.5 Å². The van der Waals surface area contributed by atoms with Gasteiger partial charge in [0.25, 0.3) is 0 Å². The van der Waals surface area contributed by atoms with Gasteiger partial charge in [0.2, 0.25) is 5.91 Å². The number of carbonyl (C=O) groups is 1. The Kier molecular flexibility index (Phi) is 3.93. The number of nitrogens with zero attached hydrogens (tertiary/aromatic N) is 4. The fourth-order valence-electron chi connectivity index (χ4n) is 3.53. The predicted molar refractivity (Wildman–Crippen MR) is 85.3 cm³/mol. The summed E-state index contributed by atoms with van der Waals surface area (Å²) in [5.41, 5.74) is 1.93. The van der Waals surface area contributed by atoms with E-state index in [0.717, 1.165) is 17.7 Å². The largest absolute Gasteiger partial charge is 0.508 e. The Balaban J connectivity index is 1.40. The lowest BCUT2D eigenvalue weighted by molar-refractivity contribution is -0.138. The average molecular weight is 328 g/mol. The molecule has 0 bridgehead atoms. The van der Waals surface area contributed by atoms with Crippen LogP contribution in [0.5, 0.6) is 5.75 Å². The van der Waals surface area contributed by atoms with Gasteiger partial charge >= 0.3 is 0 Å². The van der Waals surface area contributed by atoms with Crippen LogP contribution in [0.3, 0.4) is 0 Å². The van der Waals surface area contributed by atoms with Gasteiger partial charge in [0, 0.05) is 19.5 Å². The molecule has 0 spiro atoms. The Morgan fingerprint density at radius 3 is 3.21 bits per heavy atom. The minimum atomic E-state index is 0.0507. The van der Waals surface area contributed by atoms with Crippen LogP contribution < -0.4 is 0 Å². The van der Waals surface area contributed by atoms with E-state index >= 15 is 0 Å². The number of piperidine rings is 1. The first-order valence-electron chi connectivity index (χ1n) is 8.27. The zero-order valence-electron chi connectivity index (χ0n) is 13.3. The first kappa shape index (κ1) is 15.1. The highest BCUT2D eigenvalue weighted by Gasteiger charge is 2.37. The fraction of sp³-hybridized carbons (Fsp3) is 0.471. The molecule has 2 aliphatic heterocycles. The Morgan fingerprint density at radius 1 is 1.42 bits per heavy atom. The van der Waals surface area contributed by atoms with Crippen LogP contribution in [0.4, 0.5) is 0 Å². The molecule has 1 aromatic heterocycles. The van der Waals surface area contributed by atoms with Crippen LogP contribution in [0.15, 0.2) is 30.5 Å². The molecule has 0 radical (unpaired) electrons. The number of carbonyl (C=O) groups excluding carboxylic acids is 1. The Morgan fingerprint density at radius 2 is 2.33 bits per heavy atom. The van der Waals surface area contributed by atoms with Gasteiger partial charge in [0.05, 0.1) is 30.6 Å². The Labute approximate surface area is 139 Å². The summed E-state index contributed by atoms with van der Waals surface area (Å²) in [5.74, 6) is 0.364. The number of hydrogen-bond donors (Lipinski definition) is 1. The van der Waals surface area contributed by atoms with Crippen LogP contribution in [0, 0.1) is 0 Å². The van der Waals surface area contributed by atoms with Gasteiger partial charge in [0.15, 0.2) is 0 Å². The fourth-order valence-corrected chi connectivity index (χ4v) is 3.53. The van der Waals surface area contributed by atoms with Crippen molar-refractivity contribution in [2.75, 3.05) is 13.1 Å². The molecule has 0 unspecified atom stereocenters. The zero-order valence-corrected chi connectivity index (χ0v) is 13.3. The minimum Gasteiger partial charge on any atom is -0.508 e. The van der Waals surface area contributed by atoms with Crippen molar-refractivity contribution in [2.24, 2.45) is 0 Å². The number of benzene rings is 1. The number of phenolic OH excluding ortho intramolecular Hbond substituents is 1. The molecule has 1 N–H and O–H groups in total. The highest BCUT2D eigenvalue weighted by atomic mass is 16.5. The summed E-state index contributed by atoms with van der Waals surface area (Å²) in [7, 11) is 0. The lowest BCUT2D eigenvalue weighted by Gasteiger charge is -2.41. The number of aromatic hydroxyl groups is 1. The van der Waals surface area contributed by atoms with Crippen molar-refractivity contribution in [3.8, 4) is 5.75 Å². The van der Waals surface area contributed by atoms with Gasteiger partial charge in [0.1, 0.15) is 5.75 Å². The highest BCUT2D eigenvalue weighted by Crippen LogP contribution is 2.30. The second kappa shape index (κ2) is 6.24. The molecule has 7 heteroatoms. The van der Waals surface area contributed by atoms with Gasteiger partial charge in [-0.15, -0.1) is 5.10 Å². The number of phenols is 1. The molecule has 7 nitrogen and oxygen atoms in total. The number of ether oxygens (including phenoxy) is 1. The third-order valence-corrected chi connectivity index (χ3v) is 4.82. The summed E-state index contributed by atoms with van der Waals surface area (Å²) >= 11 is 0. The quantitative estimate of drug-likeness (QED) is 0.918. The van der Waals surface area contributed by atoms with Crippen LogP contribution in [-0.4, -0.2) is 50.1 Å². The molecule has 1 saturated heterocycles. The summed E-state index contributed by atoms with van der Waals surface area (Å²) in [6, 6.07) is 7.11. The molecule has 126 valence electrons. The molecule has 4 rings (SSSR count). The van der Waals surface area contributed by atoms with Crippen molar-refractivity contribution in [3.05, 3.63) is 41.7 Å². The molecule has 0 saturated carbocycles. The molecule has 2 atom stereocenters. The minimum absolute atomic E-state index is 0.0507. The maximum atomic E-state index is 12.6. The number of likely N-dealkylation sites (tertiary alicyclic amines) is 1. The van der Waals surface area contributed by atoms with E-state index in [1.807, 2.05) is 15.6 Å². The molecule has 2 aromatic rings. The molecule has 1 amide bonds. The van der Waals surface area contributed by atoms with Crippen molar-refractivity contribution < 1.29 is 14.6 Å². The molecular weight excluding hydrogens is 308 g/mol. The van der Waals surface area contributed by atoms with E-state index in [1.165, 1.54) is 0 Å². The molecule has 2 aliphatic rings. The van der Waals surface area contributed by atoms with Gasteiger partial charge < -0.3 is 14.7 Å². The first-order valence-corrected chi connectivity index (χ1v) is 8.27. The van der Waals surface area contributed by atoms with Crippen molar-refractivity contribution >= 4 is 5.91 Å². The third-order valence-electron chi connectivity index (χ3n) is 4.82. The van der Waals surface area contributed by atoms with Crippen molar-refractivity contribution in [1.29, 1.82) is 0 Å². The van der Waals surface area contributed by atoms with Gasteiger partial charge in [-0.1, -0.05) is 17.3 Å².